The Morgan fingerprint density at radius 1 is 0.794 bits per heavy atom. The van der Waals surface area contributed by atoms with E-state index in [4.69, 9.17) is 14.2 Å². The quantitative estimate of drug-likeness (QED) is 0.347. The molecule has 3 N–H and O–H groups in total. The molecule has 0 bridgehead atoms. The van der Waals surface area contributed by atoms with Gasteiger partial charge in [0.25, 0.3) is 0 Å². The van der Waals surface area contributed by atoms with Crippen LogP contribution in [0.15, 0.2) is 30.3 Å². The lowest BCUT2D eigenvalue weighted by molar-refractivity contribution is -0.146. The summed E-state index contributed by atoms with van der Waals surface area (Å²) in [5.41, 5.74) is -0.517. The van der Waals surface area contributed by atoms with Gasteiger partial charge in [0.15, 0.2) is 0 Å². The van der Waals surface area contributed by atoms with Crippen LogP contribution in [0.5, 0.6) is 0 Å². The summed E-state index contributed by atoms with van der Waals surface area (Å²) in [6, 6.07) is 8.55. The van der Waals surface area contributed by atoms with Gasteiger partial charge in [0.2, 0.25) is 5.91 Å². The lowest BCUT2D eigenvalue weighted by Crippen LogP contribution is -2.51. The summed E-state index contributed by atoms with van der Waals surface area (Å²) in [5, 5.41) is 7.82. The summed E-state index contributed by atoms with van der Waals surface area (Å²) in [7, 11) is 0. The second-order valence-electron chi connectivity index (χ2n) is 9.68. The zero-order valence-electron chi connectivity index (χ0n) is 20.9. The normalized spacial score (nSPS) is 11.4. The molecule has 0 aliphatic heterocycles. The first-order chi connectivity index (χ1) is 15.7. The molecule has 0 spiro atoms. The first kappa shape index (κ1) is 28.7. The van der Waals surface area contributed by atoms with Gasteiger partial charge < -0.3 is 30.2 Å². The van der Waals surface area contributed by atoms with E-state index in [9.17, 15) is 19.2 Å². The summed E-state index contributed by atoms with van der Waals surface area (Å²) >= 11 is 0. The van der Waals surface area contributed by atoms with Crippen LogP contribution in [-0.4, -0.2) is 54.4 Å². The SMILES string of the molecule is CC(C)(C)OC(=O)NCC(CNC(=O)OC(C)(C)C)NC(=O)CCC(=O)OCc1ccccc1. The molecule has 0 aliphatic rings. The van der Waals surface area contributed by atoms with E-state index in [-0.39, 0.29) is 32.5 Å². The molecule has 0 aromatic heterocycles. The Hall–Kier alpha value is -3.30. The number of carbonyl (C=O) groups is 4. The van der Waals surface area contributed by atoms with Crippen molar-refractivity contribution in [1.82, 2.24) is 16.0 Å². The zero-order chi connectivity index (χ0) is 25.8. The van der Waals surface area contributed by atoms with Crippen molar-refractivity contribution in [3.8, 4) is 0 Å². The lowest BCUT2D eigenvalue weighted by atomic mass is 10.2. The fraction of sp³-hybridized carbons (Fsp3) is 0.583. The van der Waals surface area contributed by atoms with Crippen LogP contribution in [0.3, 0.4) is 0 Å². The van der Waals surface area contributed by atoms with Crippen LogP contribution in [0.2, 0.25) is 0 Å². The average molecular weight is 480 g/mol. The Morgan fingerprint density at radius 2 is 1.29 bits per heavy atom. The van der Waals surface area contributed by atoms with Gasteiger partial charge in [-0.05, 0) is 47.1 Å². The molecular formula is C24H37N3O7. The van der Waals surface area contributed by atoms with Gasteiger partial charge in [-0.15, -0.1) is 0 Å². The third kappa shape index (κ3) is 14.7. The standard InChI is InChI=1S/C24H37N3O7/c1-23(2,3)33-21(30)25-14-18(15-26-22(31)34-24(4,5)6)27-19(28)12-13-20(29)32-16-17-10-8-7-9-11-17/h7-11,18H,12-16H2,1-6H3,(H,25,30)(H,26,31)(H,27,28). The Morgan fingerprint density at radius 3 is 1.76 bits per heavy atom. The predicted octanol–water partition coefficient (Wildman–Crippen LogP) is 3.04. The first-order valence-electron chi connectivity index (χ1n) is 11.2. The van der Waals surface area contributed by atoms with Crippen molar-refractivity contribution >= 4 is 24.1 Å². The van der Waals surface area contributed by atoms with E-state index in [1.807, 2.05) is 30.3 Å². The predicted molar refractivity (Wildman–Crippen MR) is 126 cm³/mol. The van der Waals surface area contributed by atoms with Gasteiger partial charge in [-0.3, -0.25) is 9.59 Å². The lowest BCUT2D eigenvalue weighted by Gasteiger charge is -2.24. The largest absolute Gasteiger partial charge is 0.461 e. The monoisotopic (exact) mass is 479 g/mol. The Balaban J connectivity index is 2.54. The van der Waals surface area contributed by atoms with Crippen molar-refractivity contribution in [2.24, 2.45) is 0 Å². The molecule has 10 heteroatoms. The summed E-state index contributed by atoms with van der Waals surface area (Å²) in [4.78, 5) is 48.2. The number of hydrogen-bond donors (Lipinski definition) is 3. The molecule has 0 saturated heterocycles. The molecule has 1 rings (SSSR count). The molecule has 0 aliphatic carbocycles. The fourth-order valence-electron chi connectivity index (χ4n) is 2.54. The van der Waals surface area contributed by atoms with E-state index in [1.165, 1.54) is 0 Å². The molecule has 0 fully saturated rings. The molecule has 0 heterocycles. The third-order valence-electron chi connectivity index (χ3n) is 3.95. The highest BCUT2D eigenvalue weighted by Gasteiger charge is 2.21. The molecule has 0 saturated carbocycles. The number of rotatable bonds is 10. The zero-order valence-corrected chi connectivity index (χ0v) is 20.9. The van der Waals surface area contributed by atoms with Gasteiger partial charge in [0, 0.05) is 19.5 Å². The van der Waals surface area contributed by atoms with E-state index < -0.39 is 41.3 Å². The second kappa shape index (κ2) is 13.4. The fourth-order valence-corrected chi connectivity index (χ4v) is 2.54. The molecule has 1 aromatic rings. The summed E-state index contributed by atoms with van der Waals surface area (Å²) < 4.78 is 15.5. The number of carbonyl (C=O) groups excluding carboxylic acids is 4. The Labute approximate surface area is 201 Å². The molecular weight excluding hydrogens is 442 g/mol. The molecule has 0 atom stereocenters. The minimum atomic E-state index is -0.683. The van der Waals surface area contributed by atoms with Gasteiger partial charge in [0.05, 0.1) is 12.5 Å². The van der Waals surface area contributed by atoms with E-state index in [0.717, 1.165) is 5.56 Å². The number of amides is 3. The summed E-state index contributed by atoms with van der Waals surface area (Å²) in [6.45, 7) is 10.5. The summed E-state index contributed by atoms with van der Waals surface area (Å²) in [6.07, 6.45) is -1.53. The molecule has 190 valence electrons. The molecule has 3 amide bonds. The minimum absolute atomic E-state index is 0.00505. The molecule has 34 heavy (non-hydrogen) atoms. The van der Waals surface area contributed by atoms with E-state index in [2.05, 4.69) is 16.0 Å². The maximum atomic E-state index is 12.4. The molecule has 1 aromatic carbocycles. The van der Waals surface area contributed by atoms with Gasteiger partial charge in [0.1, 0.15) is 17.8 Å². The Kier molecular flexibility index (Phi) is 11.3. The highest BCUT2D eigenvalue weighted by atomic mass is 16.6. The van der Waals surface area contributed by atoms with Crippen LogP contribution in [-0.2, 0) is 30.4 Å². The minimum Gasteiger partial charge on any atom is -0.461 e. The topological polar surface area (TPSA) is 132 Å². The molecule has 10 nitrogen and oxygen atoms in total. The van der Waals surface area contributed by atoms with E-state index >= 15 is 0 Å². The summed E-state index contributed by atoms with van der Waals surface area (Å²) in [5.74, 6) is -0.937. The van der Waals surface area contributed by atoms with Crippen LogP contribution in [0.25, 0.3) is 0 Å². The highest BCUT2D eigenvalue weighted by molar-refractivity contribution is 5.81. The van der Waals surface area contributed by atoms with Crippen molar-refractivity contribution in [3.05, 3.63) is 35.9 Å². The number of esters is 1. The second-order valence-corrected chi connectivity index (χ2v) is 9.68. The van der Waals surface area contributed by atoms with E-state index in [0.29, 0.717) is 0 Å². The van der Waals surface area contributed by atoms with Gasteiger partial charge in [-0.25, -0.2) is 9.59 Å². The number of hydrogen-bond acceptors (Lipinski definition) is 7. The number of alkyl carbamates (subject to hydrolysis) is 2. The Bertz CT molecular complexity index is 782. The van der Waals surface area contributed by atoms with Gasteiger partial charge in [-0.2, -0.15) is 0 Å². The average Bonchev–Trinajstić information content (AvgIpc) is 2.71. The van der Waals surface area contributed by atoms with Crippen molar-refractivity contribution in [1.29, 1.82) is 0 Å². The van der Waals surface area contributed by atoms with Crippen LogP contribution >= 0.6 is 0 Å². The molecule has 0 unspecified atom stereocenters. The maximum absolute atomic E-state index is 12.4. The number of benzene rings is 1. The van der Waals surface area contributed by atoms with Crippen molar-refractivity contribution < 1.29 is 33.4 Å². The van der Waals surface area contributed by atoms with Crippen LogP contribution in [0.4, 0.5) is 9.59 Å². The third-order valence-corrected chi connectivity index (χ3v) is 3.95. The molecule has 0 radical (unpaired) electrons. The van der Waals surface area contributed by atoms with Crippen molar-refractivity contribution in [3.63, 3.8) is 0 Å². The maximum Gasteiger partial charge on any atom is 0.407 e. The smallest absolute Gasteiger partial charge is 0.407 e. The van der Waals surface area contributed by atoms with E-state index in [1.54, 1.807) is 41.5 Å². The van der Waals surface area contributed by atoms with Crippen molar-refractivity contribution in [2.75, 3.05) is 13.1 Å². The van der Waals surface area contributed by atoms with Crippen LogP contribution in [0, 0.1) is 0 Å². The highest BCUT2D eigenvalue weighted by Crippen LogP contribution is 2.07. The first-order valence-corrected chi connectivity index (χ1v) is 11.2. The van der Waals surface area contributed by atoms with Crippen molar-refractivity contribution in [2.45, 2.75) is 78.2 Å². The number of ether oxygens (including phenoxy) is 3. The van der Waals surface area contributed by atoms with Crippen LogP contribution in [0.1, 0.15) is 59.9 Å². The van der Waals surface area contributed by atoms with Gasteiger partial charge in [-0.1, -0.05) is 30.3 Å². The number of nitrogens with one attached hydrogen (secondary N) is 3. The van der Waals surface area contributed by atoms with Crippen LogP contribution < -0.4 is 16.0 Å². The van der Waals surface area contributed by atoms with Gasteiger partial charge >= 0.3 is 18.2 Å².